The van der Waals surface area contributed by atoms with Crippen LogP contribution in [-0.4, -0.2) is 52.0 Å². The van der Waals surface area contributed by atoms with Crippen molar-refractivity contribution < 1.29 is 33.7 Å². The molecular formula is C24H33FO6. The zero-order chi connectivity index (χ0) is 22.6. The quantitative estimate of drug-likeness (QED) is 0.692. The lowest BCUT2D eigenvalue weighted by Gasteiger charge is -2.60. The average Bonchev–Trinajstić information content (AvgIpc) is 3.08. The summed E-state index contributed by atoms with van der Waals surface area (Å²) in [6.07, 6.45) is 0.785. The van der Waals surface area contributed by atoms with Crippen molar-refractivity contribution in [2.45, 2.75) is 89.8 Å². The van der Waals surface area contributed by atoms with E-state index >= 15 is 4.39 Å². The van der Waals surface area contributed by atoms with E-state index in [9.17, 15) is 19.8 Å². The van der Waals surface area contributed by atoms with Gasteiger partial charge in [0.2, 0.25) is 0 Å². The molecule has 6 nitrogen and oxygen atoms in total. The molecule has 0 aromatic carbocycles. The number of ketones is 2. The zero-order valence-electron chi connectivity index (χ0n) is 18.7. The van der Waals surface area contributed by atoms with Crippen LogP contribution >= 0.6 is 0 Å². The van der Waals surface area contributed by atoms with Crippen molar-refractivity contribution in [2.75, 3.05) is 6.61 Å². The number of hydrogen-bond donors (Lipinski definition) is 2. The number of fused-ring (bicyclic) bond motifs is 7. The van der Waals surface area contributed by atoms with Gasteiger partial charge in [-0.05, 0) is 61.9 Å². The van der Waals surface area contributed by atoms with Crippen LogP contribution in [-0.2, 0) is 19.1 Å². The Morgan fingerprint density at radius 1 is 1.26 bits per heavy atom. The van der Waals surface area contributed by atoms with Crippen LogP contribution in [0.25, 0.3) is 0 Å². The molecule has 0 radical (unpaired) electrons. The Morgan fingerprint density at radius 3 is 2.65 bits per heavy atom. The maximum absolute atomic E-state index is 15.4. The van der Waals surface area contributed by atoms with Crippen molar-refractivity contribution in [3.63, 3.8) is 0 Å². The van der Waals surface area contributed by atoms with Gasteiger partial charge in [0.1, 0.15) is 18.2 Å². The predicted molar refractivity (Wildman–Crippen MR) is 108 cm³/mol. The van der Waals surface area contributed by atoms with Crippen molar-refractivity contribution in [1.29, 1.82) is 0 Å². The van der Waals surface area contributed by atoms with Gasteiger partial charge in [0, 0.05) is 24.7 Å². The van der Waals surface area contributed by atoms with Gasteiger partial charge < -0.3 is 19.7 Å². The van der Waals surface area contributed by atoms with Crippen molar-refractivity contribution in [3.05, 3.63) is 11.4 Å². The Kier molecular flexibility index (Phi) is 4.52. The van der Waals surface area contributed by atoms with Crippen LogP contribution in [0.3, 0.4) is 0 Å². The molecule has 1 heterocycles. The Morgan fingerprint density at radius 2 is 1.97 bits per heavy atom. The maximum atomic E-state index is 15.4. The summed E-state index contributed by atoms with van der Waals surface area (Å²) in [5.41, 5.74) is -2.13. The summed E-state index contributed by atoms with van der Waals surface area (Å²) in [4.78, 5) is 25.2. The third-order valence-corrected chi connectivity index (χ3v) is 9.47. The lowest BCUT2D eigenvalue weighted by molar-refractivity contribution is -0.226. The summed E-state index contributed by atoms with van der Waals surface area (Å²) in [6, 6.07) is 0. The van der Waals surface area contributed by atoms with Crippen LogP contribution in [0.5, 0.6) is 0 Å². The highest BCUT2D eigenvalue weighted by atomic mass is 19.1. The second-order valence-corrected chi connectivity index (χ2v) is 11.4. The lowest BCUT2D eigenvalue weighted by atomic mass is 9.45. The van der Waals surface area contributed by atoms with Gasteiger partial charge in [-0.1, -0.05) is 13.8 Å². The fraction of sp³-hybridized carbons (Fsp3) is 0.833. The molecule has 8 atom stereocenters. The summed E-state index contributed by atoms with van der Waals surface area (Å²) in [5, 5.41) is 21.3. The van der Waals surface area contributed by atoms with Gasteiger partial charge in [0.15, 0.2) is 17.2 Å². The minimum absolute atomic E-state index is 0.0585. The van der Waals surface area contributed by atoms with E-state index in [4.69, 9.17) is 9.47 Å². The molecule has 0 unspecified atom stereocenters. The smallest absolute Gasteiger partial charge is 0.193 e. The zero-order valence-corrected chi connectivity index (χ0v) is 18.7. The second-order valence-electron chi connectivity index (χ2n) is 11.4. The number of carbonyl (C=O) groups is 2. The Hall–Kier alpha value is -1.15. The van der Waals surface area contributed by atoms with Gasteiger partial charge in [-0.3, -0.25) is 9.59 Å². The number of ether oxygens (including phenoxy) is 2. The largest absolute Gasteiger partial charge is 0.393 e. The maximum Gasteiger partial charge on any atom is 0.193 e. The van der Waals surface area contributed by atoms with Crippen LogP contribution in [0.2, 0.25) is 0 Å². The summed E-state index contributed by atoms with van der Waals surface area (Å²) in [6.45, 7) is 6.79. The Balaban J connectivity index is 1.61. The topological polar surface area (TPSA) is 93.1 Å². The Bertz CT molecular complexity index is 881. The standard InChI is InChI=1S/C24H33FO6/c1-21(2)30-19-9-14-13-8-16(25)15-7-12(27)5-6-22(15,3)20(13)17(28)10-23(14,4)24(19,31-21)18(29)11-26/h13-14,17,19-20,26,28H,5-11H2,1-4H3/t13-,14-,17-,19+,20+,22-,23-,24+/m0/s1. The van der Waals surface area contributed by atoms with E-state index in [0.717, 1.165) is 0 Å². The molecule has 1 saturated heterocycles. The number of halogens is 1. The number of carbonyl (C=O) groups excluding carboxylic acids is 2. The molecule has 7 heteroatoms. The summed E-state index contributed by atoms with van der Waals surface area (Å²) < 4.78 is 27.9. The molecule has 0 aromatic rings. The van der Waals surface area contributed by atoms with Gasteiger partial charge in [0.25, 0.3) is 0 Å². The first kappa shape index (κ1) is 21.7. The van der Waals surface area contributed by atoms with Gasteiger partial charge in [-0.15, -0.1) is 0 Å². The fourth-order valence-corrected chi connectivity index (χ4v) is 8.39. The average molecular weight is 437 g/mol. The van der Waals surface area contributed by atoms with Crippen molar-refractivity contribution in [2.24, 2.45) is 28.6 Å². The monoisotopic (exact) mass is 436 g/mol. The van der Waals surface area contributed by atoms with E-state index in [1.165, 1.54) is 0 Å². The number of allylic oxidation sites excluding steroid dienone is 2. The lowest BCUT2D eigenvalue weighted by Crippen LogP contribution is -2.64. The number of aliphatic hydroxyl groups excluding tert-OH is 2. The van der Waals surface area contributed by atoms with Gasteiger partial charge in [-0.2, -0.15) is 0 Å². The number of hydrogen-bond acceptors (Lipinski definition) is 6. The molecule has 1 aliphatic heterocycles. The molecule has 5 rings (SSSR count). The van der Waals surface area contributed by atoms with E-state index in [1.54, 1.807) is 13.8 Å². The molecular weight excluding hydrogens is 403 g/mol. The summed E-state index contributed by atoms with van der Waals surface area (Å²) >= 11 is 0. The third-order valence-electron chi connectivity index (χ3n) is 9.47. The van der Waals surface area contributed by atoms with E-state index in [1.807, 2.05) is 13.8 Å². The summed E-state index contributed by atoms with van der Waals surface area (Å²) in [7, 11) is 0. The van der Waals surface area contributed by atoms with E-state index in [2.05, 4.69) is 0 Å². The van der Waals surface area contributed by atoms with Crippen LogP contribution in [0, 0.1) is 28.6 Å². The number of rotatable bonds is 2. The molecule has 4 fully saturated rings. The van der Waals surface area contributed by atoms with Crippen molar-refractivity contribution in [1.82, 2.24) is 0 Å². The highest BCUT2D eigenvalue weighted by Crippen LogP contribution is 2.71. The minimum Gasteiger partial charge on any atom is -0.393 e. The highest BCUT2D eigenvalue weighted by molar-refractivity contribution is 5.91. The van der Waals surface area contributed by atoms with E-state index < -0.39 is 46.8 Å². The molecule has 0 aromatic heterocycles. The molecule has 31 heavy (non-hydrogen) atoms. The normalized spacial score (nSPS) is 50.5. The van der Waals surface area contributed by atoms with Gasteiger partial charge in [-0.25, -0.2) is 4.39 Å². The highest BCUT2D eigenvalue weighted by Gasteiger charge is 2.77. The number of Topliss-reactive ketones (excluding diaryl/α,β-unsaturated/α-hetero) is 2. The molecule has 2 N–H and O–H groups in total. The van der Waals surface area contributed by atoms with Gasteiger partial charge >= 0.3 is 0 Å². The van der Waals surface area contributed by atoms with Gasteiger partial charge in [0.05, 0.1) is 12.2 Å². The molecule has 172 valence electrons. The molecule has 0 bridgehead atoms. The summed E-state index contributed by atoms with van der Waals surface area (Å²) in [5.74, 6) is -2.04. The van der Waals surface area contributed by atoms with Crippen LogP contribution < -0.4 is 0 Å². The second kappa shape index (κ2) is 6.46. The fourth-order valence-electron chi connectivity index (χ4n) is 8.39. The molecule has 5 aliphatic rings. The first-order valence-electron chi connectivity index (χ1n) is 11.5. The first-order valence-corrected chi connectivity index (χ1v) is 11.5. The molecule has 0 spiro atoms. The molecule has 0 amide bonds. The van der Waals surface area contributed by atoms with Crippen LogP contribution in [0.15, 0.2) is 11.4 Å². The van der Waals surface area contributed by atoms with Crippen molar-refractivity contribution in [3.8, 4) is 0 Å². The molecule has 4 aliphatic carbocycles. The minimum atomic E-state index is -1.36. The van der Waals surface area contributed by atoms with Crippen molar-refractivity contribution >= 4 is 11.6 Å². The predicted octanol–water partition coefficient (Wildman–Crippen LogP) is 2.85. The SMILES string of the molecule is CC1(C)O[C@@H]2C[C@H]3[C@@H]4CC(F)=C5CC(=O)CC[C@]5(C)[C@H]4[C@@H](O)C[C@]3(C)[C@]2(C(=O)CO)O1. The third kappa shape index (κ3) is 2.58. The van der Waals surface area contributed by atoms with E-state index in [0.29, 0.717) is 31.3 Å². The van der Waals surface area contributed by atoms with Crippen LogP contribution in [0.4, 0.5) is 4.39 Å². The van der Waals surface area contributed by atoms with E-state index in [-0.39, 0.29) is 42.2 Å². The number of aliphatic hydroxyl groups is 2. The molecule has 3 saturated carbocycles. The Labute approximate surface area is 182 Å². The first-order chi connectivity index (χ1) is 14.4. The van der Waals surface area contributed by atoms with Crippen LogP contribution in [0.1, 0.15) is 66.2 Å².